The second kappa shape index (κ2) is 4.47. The van der Waals surface area contributed by atoms with Crippen LogP contribution in [0.5, 0.6) is 0 Å². The average molecular weight is 272 g/mol. The highest BCUT2D eigenvalue weighted by Gasteiger charge is 2.23. The second-order valence-corrected chi connectivity index (χ2v) is 5.85. The summed E-state index contributed by atoms with van der Waals surface area (Å²) in [6.45, 7) is 1.72. The van der Waals surface area contributed by atoms with Crippen molar-refractivity contribution in [2.24, 2.45) is 5.73 Å². The van der Waals surface area contributed by atoms with Gasteiger partial charge < -0.3 is 5.73 Å². The number of rotatable bonds is 4. The SMILES string of the molecule is Cc1[nH]nc(CN)c1S(=O)(=O)Nc1ccsc1. The van der Waals surface area contributed by atoms with Gasteiger partial charge in [0.25, 0.3) is 10.0 Å². The summed E-state index contributed by atoms with van der Waals surface area (Å²) in [5.74, 6) is 0. The number of nitrogens with two attached hydrogens (primary N) is 1. The van der Waals surface area contributed by atoms with Gasteiger partial charge in [0.05, 0.1) is 17.1 Å². The predicted molar refractivity (Wildman–Crippen MR) is 66.3 cm³/mol. The Hall–Kier alpha value is -1.38. The van der Waals surface area contributed by atoms with Gasteiger partial charge in [-0.25, -0.2) is 8.42 Å². The minimum Gasteiger partial charge on any atom is -0.325 e. The minimum absolute atomic E-state index is 0.0736. The van der Waals surface area contributed by atoms with Gasteiger partial charge >= 0.3 is 0 Å². The van der Waals surface area contributed by atoms with Crippen LogP contribution in [0.25, 0.3) is 0 Å². The van der Waals surface area contributed by atoms with E-state index >= 15 is 0 Å². The van der Waals surface area contributed by atoms with Gasteiger partial charge in [-0.2, -0.15) is 16.4 Å². The summed E-state index contributed by atoms with van der Waals surface area (Å²) in [7, 11) is -3.63. The summed E-state index contributed by atoms with van der Waals surface area (Å²) in [5.41, 5.74) is 6.82. The number of sulfonamides is 1. The number of thiophene rings is 1. The number of nitrogens with one attached hydrogen (secondary N) is 2. The molecule has 8 heteroatoms. The van der Waals surface area contributed by atoms with Crippen molar-refractivity contribution in [1.82, 2.24) is 10.2 Å². The first-order valence-corrected chi connectivity index (χ1v) is 7.26. The average Bonchev–Trinajstić information content (AvgIpc) is 2.86. The van der Waals surface area contributed by atoms with Crippen LogP contribution in [0.15, 0.2) is 21.7 Å². The van der Waals surface area contributed by atoms with E-state index in [1.165, 1.54) is 11.3 Å². The summed E-state index contributed by atoms with van der Waals surface area (Å²) >= 11 is 1.42. The molecule has 0 saturated heterocycles. The summed E-state index contributed by atoms with van der Waals surface area (Å²) < 4.78 is 26.8. The molecule has 0 aliphatic rings. The molecule has 2 rings (SSSR count). The molecule has 0 fully saturated rings. The Balaban J connectivity index is 2.41. The molecule has 2 heterocycles. The third-order valence-corrected chi connectivity index (χ3v) is 4.46. The molecule has 0 aliphatic heterocycles. The van der Waals surface area contributed by atoms with E-state index in [0.717, 1.165) is 0 Å². The van der Waals surface area contributed by atoms with E-state index in [0.29, 0.717) is 17.1 Å². The Morgan fingerprint density at radius 3 is 2.94 bits per heavy atom. The zero-order valence-electron chi connectivity index (χ0n) is 9.10. The molecule has 0 amide bonds. The fourth-order valence-corrected chi connectivity index (χ4v) is 3.58. The Morgan fingerprint density at radius 1 is 1.59 bits per heavy atom. The van der Waals surface area contributed by atoms with Crippen molar-refractivity contribution in [3.63, 3.8) is 0 Å². The lowest BCUT2D eigenvalue weighted by Crippen LogP contribution is -2.16. The lowest BCUT2D eigenvalue weighted by atomic mass is 10.4. The number of nitrogens with zero attached hydrogens (tertiary/aromatic N) is 1. The zero-order valence-corrected chi connectivity index (χ0v) is 10.7. The maximum absolute atomic E-state index is 12.1. The van der Waals surface area contributed by atoms with Crippen LogP contribution < -0.4 is 10.5 Å². The van der Waals surface area contributed by atoms with Crippen LogP contribution in [0.2, 0.25) is 0 Å². The van der Waals surface area contributed by atoms with Crippen LogP contribution in [0, 0.1) is 6.92 Å². The van der Waals surface area contributed by atoms with E-state index in [9.17, 15) is 8.42 Å². The highest BCUT2D eigenvalue weighted by Crippen LogP contribution is 2.22. The molecular weight excluding hydrogens is 260 g/mol. The molecule has 0 radical (unpaired) electrons. The quantitative estimate of drug-likeness (QED) is 0.774. The van der Waals surface area contributed by atoms with Crippen molar-refractivity contribution < 1.29 is 8.42 Å². The summed E-state index contributed by atoms with van der Waals surface area (Å²) in [4.78, 5) is 0.131. The molecular formula is C9H12N4O2S2. The van der Waals surface area contributed by atoms with E-state index in [4.69, 9.17) is 5.73 Å². The molecule has 0 bridgehead atoms. The first-order chi connectivity index (χ1) is 8.04. The molecule has 0 aromatic carbocycles. The second-order valence-electron chi connectivity index (χ2n) is 3.45. The molecule has 0 unspecified atom stereocenters. The molecule has 4 N–H and O–H groups in total. The molecule has 0 aliphatic carbocycles. The van der Waals surface area contributed by atoms with Crippen LogP contribution in [-0.2, 0) is 16.6 Å². The zero-order chi connectivity index (χ0) is 12.5. The molecule has 6 nitrogen and oxygen atoms in total. The van der Waals surface area contributed by atoms with Crippen LogP contribution in [0.1, 0.15) is 11.4 Å². The standard InChI is InChI=1S/C9H12N4O2S2/c1-6-9(8(4-10)12-11-6)17(14,15)13-7-2-3-16-5-7/h2-3,5,13H,4,10H2,1H3,(H,11,12). The van der Waals surface area contributed by atoms with E-state index in [2.05, 4.69) is 14.9 Å². The number of aromatic amines is 1. The van der Waals surface area contributed by atoms with Gasteiger partial charge in [0.15, 0.2) is 0 Å². The summed E-state index contributed by atoms with van der Waals surface area (Å²) in [5, 5.41) is 10.0. The number of aryl methyl sites for hydroxylation is 1. The number of hydrogen-bond donors (Lipinski definition) is 3. The van der Waals surface area contributed by atoms with Gasteiger partial charge in [0.2, 0.25) is 0 Å². The smallest absolute Gasteiger partial charge is 0.265 e. The van der Waals surface area contributed by atoms with Crippen molar-refractivity contribution in [2.75, 3.05) is 4.72 Å². The molecule has 17 heavy (non-hydrogen) atoms. The van der Waals surface area contributed by atoms with Gasteiger partial charge in [-0.1, -0.05) is 0 Å². The Labute approximate surface area is 103 Å². The first kappa shape index (κ1) is 12.1. The Morgan fingerprint density at radius 2 is 2.35 bits per heavy atom. The van der Waals surface area contributed by atoms with Crippen molar-refractivity contribution in [2.45, 2.75) is 18.4 Å². The Kier molecular flexibility index (Phi) is 3.18. The molecule has 0 atom stereocenters. The van der Waals surface area contributed by atoms with Crippen LogP contribution >= 0.6 is 11.3 Å². The van der Waals surface area contributed by atoms with Gasteiger partial charge in [0.1, 0.15) is 4.90 Å². The van der Waals surface area contributed by atoms with Gasteiger partial charge in [0, 0.05) is 11.9 Å². The lowest BCUT2D eigenvalue weighted by molar-refractivity contribution is 0.599. The van der Waals surface area contributed by atoms with E-state index in [1.54, 1.807) is 23.8 Å². The minimum atomic E-state index is -3.63. The maximum Gasteiger partial charge on any atom is 0.265 e. The molecule has 0 saturated carbocycles. The largest absolute Gasteiger partial charge is 0.325 e. The fourth-order valence-electron chi connectivity index (χ4n) is 1.49. The van der Waals surface area contributed by atoms with Crippen molar-refractivity contribution in [3.8, 4) is 0 Å². The van der Waals surface area contributed by atoms with Crippen LogP contribution in [-0.4, -0.2) is 18.6 Å². The number of anilines is 1. The van der Waals surface area contributed by atoms with Crippen LogP contribution in [0.3, 0.4) is 0 Å². The third-order valence-electron chi connectivity index (χ3n) is 2.20. The highest BCUT2D eigenvalue weighted by atomic mass is 32.2. The van der Waals surface area contributed by atoms with Crippen LogP contribution in [0.4, 0.5) is 5.69 Å². The van der Waals surface area contributed by atoms with E-state index in [1.807, 2.05) is 0 Å². The van der Waals surface area contributed by atoms with Gasteiger partial charge in [-0.05, 0) is 18.4 Å². The predicted octanol–water partition coefficient (Wildman–Crippen LogP) is 1.04. The fraction of sp³-hybridized carbons (Fsp3) is 0.222. The van der Waals surface area contributed by atoms with E-state index < -0.39 is 10.0 Å². The third kappa shape index (κ3) is 2.33. The van der Waals surface area contributed by atoms with Crippen molar-refractivity contribution in [1.29, 1.82) is 0 Å². The first-order valence-electron chi connectivity index (χ1n) is 4.83. The molecule has 0 spiro atoms. The van der Waals surface area contributed by atoms with Gasteiger partial charge in [-0.15, -0.1) is 0 Å². The number of H-pyrrole nitrogens is 1. The number of aromatic nitrogens is 2. The highest BCUT2D eigenvalue weighted by molar-refractivity contribution is 7.92. The van der Waals surface area contributed by atoms with Crippen molar-refractivity contribution >= 4 is 27.0 Å². The molecule has 2 aromatic rings. The number of hydrogen-bond acceptors (Lipinski definition) is 5. The molecule has 92 valence electrons. The van der Waals surface area contributed by atoms with Gasteiger partial charge in [-0.3, -0.25) is 9.82 Å². The summed E-state index contributed by atoms with van der Waals surface area (Å²) in [6, 6.07) is 1.69. The van der Waals surface area contributed by atoms with E-state index in [-0.39, 0.29) is 11.4 Å². The maximum atomic E-state index is 12.1. The topological polar surface area (TPSA) is 101 Å². The Bertz CT molecular complexity index is 601. The van der Waals surface area contributed by atoms with Crippen molar-refractivity contribution in [3.05, 3.63) is 28.2 Å². The normalized spacial score (nSPS) is 11.6. The molecule has 2 aromatic heterocycles. The summed E-state index contributed by atoms with van der Waals surface area (Å²) in [6.07, 6.45) is 0. The monoisotopic (exact) mass is 272 g/mol. The lowest BCUT2D eigenvalue weighted by Gasteiger charge is -2.06.